The maximum absolute atomic E-state index is 12.5. The standard InChI is InChI=1S/C14H20BrNO3S/c1-14(2)7-3-4-13(14)16-20(18,19)12-8-10(9-17)5-6-11(12)15/h5-6,8,13,16-17H,3-4,7,9H2,1-2H3. The van der Waals surface area contributed by atoms with E-state index in [1.54, 1.807) is 12.1 Å². The lowest BCUT2D eigenvalue weighted by molar-refractivity contribution is 0.281. The summed E-state index contributed by atoms with van der Waals surface area (Å²) in [7, 11) is -3.59. The fourth-order valence-electron chi connectivity index (χ4n) is 2.65. The molecule has 2 N–H and O–H groups in total. The van der Waals surface area contributed by atoms with Crippen LogP contribution in [0.15, 0.2) is 27.6 Å². The summed E-state index contributed by atoms with van der Waals surface area (Å²) in [5.74, 6) is 0. The van der Waals surface area contributed by atoms with Crippen LogP contribution in [-0.4, -0.2) is 19.6 Å². The van der Waals surface area contributed by atoms with E-state index in [0.717, 1.165) is 19.3 Å². The number of benzene rings is 1. The van der Waals surface area contributed by atoms with Crippen molar-refractivity contribution in [3.05, 3.63) is 28.2 Å². The summed E-state index contributed by atoms with van der Waals surface area (Å²) in [5.41, 5.74) is 0.563. The van der Waals surface area contributed by atoms with Gasteiger partial charge in [0.25, 0.3) is 0 Å². The second-order valence-electron chi connectivity index (χ2n) is 5.98. The molecule has 1 atom stereocenters. The highest BCUT2D eigenvalue weighted by Gasteiger charge is 2.37. The average molecular weight is 362 g/mol. The molecule has 2 rings (SSSR count). The molecular weight excluding hydrogens is 342 g/mol. The van der Waals surface area contributed by atoms with Crippen LogP contribution in [-0.2, 0) is 16.6 Å². The predicted molar refractivity (Wildman–Crippen MR) is 81.8 cm³/mol. The van der Waals surface area contributed by atoms with E-state index in [2.05, 4.69) is 34.5 Å². The Morgan fingerprint density at radius 1 is 1.45 bits per heavy atom. The number of hydrogen-bond acceptors (Lipinski definition) is 3. The van der Waals surface area contributed by atoms with Crippen molar-refractivity contribution in [3.63, 3.8) is 0 Å². The second-order valence-corrected chi connectivity index (χ2v) is 8.51. The van der Waals surface area contributed by atoms with E-state index in [4.69, 9.17) is 5.11 Å². The van der Waals surface area contributed by atoms with Gasteiger partial charge in [0.05, 0.1) is 11.5 Å². The van der Waals surface area contributed by atoms with Crippen LogP contribution in [0.4, 0.5) is 0 Å². The minimum Gasteiger partial charge on any atom is -0.392 e. The molecule has 0 amide bonds. The van der Waals surface area contributed by atoms with Gasteiger partial charge in [0, 0.05) is 10.5 Å². The lowest BCUT2D eigenvalue weighted by atomic mass is 9.88. The largest absolute Gasteiger partial charge is 0.392 e. The SMILES string of the molecule is CC1(C)CCCC1NS(=O)(=O)c1cc(CO)ccc1Br. The number of sulfonamides is 1. The van der Waals surface area contributed by atoms with Crippen molar-refractivity contribution >= 4 is 26.0 Å². The molecule has 0 aromatic heterocycles. The van der Waals surface area contributed by atoms with E-state index < -0.39 is 10.0 Å². The van der Waals surface area contributed by atoms with Crippen LogP contribution in [0.25, 0.3) is 0 Å². The third kappa shape index (κ3) is 3.24. The number of halogens is 1. The van der Waals surface area contributed by atoms with Gasteiger partial charge in [-0.2, -0.15) is 0 Å². The molecule has 1 aromatic carbocycles. The van der Waals surface area contributed by atoms with E-state index in [-0.39, 0.29) is 23.0 Å². The number of hydrogen-bond donors (Lipinski definition) is 2. The Balaban J connectivity index is 2.31. The van der Waals surface area contributed by atoms with Crippen LogP contribution in [0.2, 0.25) is 0 Å². The highest BCUT2D eigenvalue weighted by Crippen LogP contribution is 2.38. The van der Waals surface area contributed by atoms with Crippen molar-refractivity contribution in [3.8, 4) is 0 Å². The summed E-state index contributed by atoms with van der Waals surface area (Å²) in [6.45, 7) is 4.00. The van der Waals surface area contributed by atoms with Gasteiger partial charge >= 0.3 is 0 Å². The fourth-order valence-corrected chi connectivity index (χ4v) is 5.10. The smallest absolute Gasteiger partial charge is 0.241 e. The van der Waals surface area contributed by atoms with Crippen LogP contribution in [0, 0.1) is 5.41 Å². The lowest BCUT2D eigenvalue weighted by Crippen LogP contribution is -2.41. The van der Waals surface area contributed by atoms with E-state index in [0.29, 0.717) is 10.0 Å². The predicted octanol–water partition coefficient (Wildman–Crippen LogP) is 2.80. The molecule has 0 saturated heterocycles. The zero-order chi connectivity index (χ0) is 15.0. The van der Waals surface area contributed by atoms with Gasteiger partial charge in [0.15, 0.2) is 0 Å². The monoisotopic (exact) mass is 361 g/mol. The summed E-state index contributed by atoms with van der Waals surface area (Å²) in [5, 5.41) is 9.16. The van der Waals surface area contributed by atoms with E-state index in [1.807, 2.05) is 0 Å². The molecule has 0 heterocycles. The first-order chi connectivity index (χ1) is 9.26. The van der Waals surface area contributed by atoms with Gasteiger partial charge in [0.1, 0.15) is 0 Å². The van der Waals surface area contributed by atoms with Crippen molar-refractivity contribution in [2.75, 3.05) is 0 Å². The van der Waals surface area contributed by atoms with Crippen molar-refractivity contribution in [2.24, 2.45) is 5.41 Å². The first-order valence-corrected chi connectivity index (χ1v) is 8.95. The van der Waals surface area contributed by atoms with Crippen molar-refractivity contribution in [2.45, 2.75) is 50.7 Å². The first kappa shape index (κ1) is 15.9. The molecule has 0 aliphatic heterocycles. The van der Waals surface area contributed by atoms with Gasteiger partial charge in [-0.3, -0.25) is 0 Å². The Morgan fingerprint density at radius 2 is 2.15 bits per heavy atom. The van der Waals surface area contributed by atoms with Gasteiger partial charge in [-0.05, 0) is 51.9 Å². The molecule has 4 nitrogen and oxygen atoms in total. The maximum Gasteiger partial charge on any atom is 0.241 e. The Hall–Kier alpha value is -0.430. The maximum atomic E-state index is 12.5. The molecular formula is C14H20BrNO3S. The minimum absolute atomic E-state index is 0.0197. The summed E-state index contributed by atoms with van der Waals surface area (Å²) in [4.78, 5) is 0.187. The van der Waals surface area contributed by atoms with Crippen molar-refractivity contribution < 1.29 is 13.5 Å². The zero-order valence-corrected chi connectivity index (χ0v) is 14.1. The fraction of sp³-hybridized carbons (Fsp3) is 0.571. The van der Waals surface area contributed by atoms with Crippen LogP contribution < -0.4 is 4.72 Å². The van der Waals surface area contributed by atoms with Crippen molar-refractivity contribution in [1.29, 1.82) is 0 Å². The number of aliphatic hydroxyl groups excluding tert-OH is 1. The highest BCUT2D eigenvalue weighted by molar-refractivity contribution is 9.10. The molecule has 0 bridgehead atoms. The normalized spacial score (nSPS) is 22.1. The van der Waals surface area contributed by atoms with Crippen molar-refractivity contribution in [1.82, 2.24) is 4.72 Å². The Morgan fingerprint density at radius 3 is 2.70 bits per heavy atom. The molecule has 1 unspecified atom stereocenters. The number of nitrogens with one attached hydrogen (secondary N) is 1. The Bertz CT molecular complexity index is 598. The van der Waals surface area contributed by atoms with Crippen LogP contribution in [0.1, 0.15) is 38.7 Å². The summed E-state index contributed by atoms with van der Waals surface area (Å²) in [6, 6.07) is 4.81. The van der Waals surface area contributed by atoms with Gasteiger partial charge < -0.3 is 5.11 Å². The molecule has 6 heteroatoms. The molecule has 1 aliphatic carbocycles. The van der Waals surface area contributed by atoms with Gasteiger partial charge in [0.2, 0.25) is 10.0 Å². The molecule has 20 heavy (non-hydrogen) atoms. The average Bonchev–Trinajstić information content (AvgIpc) is 2.68. The minimum atomic E-state index is -3.59. The Kier molecular flexibility index (Phi) is 4.59. The first-order valence-electron chi connectivity index (χ1n) is 6.68. The molecule has 0 radical (unpaired) electrons. The summed E-state index contributed by atoms with van der Waals surface area (Å²) < 4.78 is 28.4. The molecule has 1 aliphatic rings. The number of aliphatic hydroxyl groups is 1. The molecule has 112 valence electrons. The summed E-state index contributed by atoms with van der Waals surface area (Å²) in [6.07, 6.45) is 2.93. The third-order valence-corrected chi connectivity index (χ3v) is 6.49. The molecule has 1 fully saturated rings. The quantitative estimate of drug-likeness (QED) is 0.866. The van der Waals surface area contributed by atoms with E-state index in [9.17, 15) is 8.42 Å². The topological polar surface area (TPSA) is 66.4 Å². The second kappa shape index (κ2) is 5.75. The van der Waals surface area contributed by atoms with Crippen LogP contribution in [0.3, 0.4) is 0 Å². The van der Waals surface area contributed by atoms with Crippen LogP contribution >= 0.6 is 15.9 Å². The number of rotatable bonds is 4. The third-order valence-electron chi connectivity index (χ3n) is 4.02. The highest BCUT2D eigenvalue weighted by atomic mass is 79.9. The Labute approximate surface area is 128 Å². The molecule has 0 spiro atoms. The lowest BCUT2D eigenvalue weighted by Gasteiger charge is -2.27. The van der Waals surface area contributed by atoms with Gasteiger partial charge in [-0.25, -0.2) is 13.1 Å². The van der Waals surface area contributed by atoms with E-state index >= 15 is 0 Å². The van der Waals surface area contributed by atoms with Gasteiger partial charge in [-0.15, -0.1) is 0 Å². The van der Waals surface area contributed by atoms with E-state index in [1.165, 1.54) is 6.07 Å². The van der Waals surface area contributed by atoms with Crippen LogP contribution in [0.5, 0.6) is 0 Å². The molecule has 1 saturated carbocycles. The molecule has 1 aromatic rings. The zero-order valence-electron chi connectivity index (χ0n) is 11.7. The van der Waals surface area contributed by atoms with Gasteiger partial charge in [-0.1, -0.05) is 26.3 Å². The summed E-state index contributed by atoms with van der Waals surface area (Å²) >= 11 is 3.27.